The van der Waals surface area contributed by atoms with E-state index in [1.54, 1.807) is 6.07 Å². The molecule has 0 spiro atoms. The van der Waals surface area contributed by atoms with Gasteiger partial charge in [0.2, 0.25) is 0 Å². The Balaban J connectivity index is 1.64. The van der Waals surface area contributed by atoms with Crippen molar-refractivity contribution in [2.75, 3.05) is 11.9 Å². The van der Waals surface area contributed by atoms with Crippen LogP contribution in [0.25, 0.3) is 22.4 Å². The van der Waals surface area contributed by atoms with Crippen LogP contribution in [0.2, 0.25) is 5.02 Å². The SMILES string of the molecule is O=C(Nc1cc(-c2nc3ccc(Br)cc3[nH]2)ccc1Cl)C1CCCO1. The zero-order valence-electron chi connectivity index (χ0n) is 13.2. The minimum atomic E-state index is -0.400. The number of imidazole rings is 1. The Morgan fingerprint density at radius 1 is 1.32 bits per heavy atom. The molecule has 0 saturated carbocycles. The molecular formula is C18H15BrClN3O2. The lowest BCUT2D eigenvalue weighted by atomic mass is 10.1. The maximum absolute atomic E-state index is 12.3. The molecular weight excluding hydrogens is 406 g/mol. The van der Waals surface area contributed by atoms with E-state index < -0.39 is 6.10 Å². The molecule has 2 N–H and O–H groups in total. The van der Waals surface area contributed by atoms with Gasteiger partial charge in [-0.05, 0) is 49.2 Å². The molecule has 1 aliphatic rings. The first-order valence-corrected chi connectivity index (χ1v) is 9.15. The van der Waals surface area contributed by atoms with E-state index in [4.69, 9.17) is 16.3 Å². The minimum Gasteiger partial charge on any atom is -0.368 e. The monoisotopic (exact) mass is 419 g/mol. The zero-order chi connectivity index (χ0) is 17.4. The first-order valence-electron chi connectivity index (χ1n) is 7.98. The molecule has 1 fully saturated rings. The summed E-state index contributed by atoms with van der Waals surface area (Å²) in [6.45, 7) is 0.625. The van der Waals surface area contributed by atoms with Crippen LogP contribution in [-0.2, 0) is 9.53 Å². The summed E-state index contributed by atoms with van der Waals surface area (Å²) in [6.07, 6.45) is 1.24. The number of hydrogen-bond acceptors (Lipinski definition) is 3. The molecule has 1 aromatic heterocycles. The zero-order valence-corrected chi connectivity index (χ0v) is 15.5. The molecule has 5 nitrogen and oxygen atoms in total. The van der Waals surface area contributed by atoms with E-state index >= 15 is 0 Å². The fourth-order valence-corrected chi connectivity index (χ4v) is 3.41. The second kappa shape index (κ2) is 6.78. The summed E-state index contributed by atoms with van der Waals surface area (Å²) in [5.41, 5.74) is 3.21. The Kier molecular flexibility index (Phi) is 4.50. The largest absolute Gasteiger partial charge is 0.368 e. The van der Waals surface area contributed by atoms with Gasteiger partial charge in [-0.3, -0.25) is 4.79 Å². The molecule has 1 atom stereocenters. The van der Waals surface area contributed by atoms with Gasteiger partial charge in [-0.1, -0.05) is 27.5 Å². The number of amides is 1. The van der Waals surface area contributed by atoms with Gasteiger partial charge in [-0.15, -0.1) is 0 Å². The van der Waals surface area contributed by atoms with Crippen LogP contribution in [0.3, 0.4) is 0 Å². The maximum atomic E-state index is 12.3. The smallest absolute Gasteiger partial charge is 0.253 e. The van der Waals surface area contributed by atoms with Crippen LogP contribution in [0.5, 0.6) is 0 Å². The summed E-state index contributed by atoms with van der Waals surface area (Å²) in [4.78, 5) is 20.2. The van der Waals surface area contributed by atoms with Crippen LogP contribution in [0, 0.1) is 0 Å². The molecule has 2 aromatic carbocycles. The van der Waals surface area contributed by atoms with Crippen molar-refractivity contribution in [3.05, 3.63) is 45.9 Å². The Bertz CT molecular complexity index is 951. The highest BCUT2D eigenvalue weighted by molar-refractivity contribution is 9.10. The molecule has 4 rings (SSSR count). The van der Waals surface area contributed by atoms with Crippen molar-refractivity contribution in [3.63, 3.8) is 0 Å². The molecule has 25 heavy (non-hydrogen) atoms. The second-order valence-electron chi connectivity index (χ2n) is 5.93. The van der Waals surface area contributed by atoms with Crippen molar-refractivity contribution in [3.8, 4) is 11.4 Å². The highest BCUT2D eigenvalue weighted by Gasteiger charge is 2.24. The number of fused-ring (bicyclic) bond motifs is 1. The maximum Gasteiger partial charge on any atom is 0.253 e. The van der Waals surface area contributed by atoms with E-state index in [1.807, 2.05) is 30.3 Å². The van der Waals surface area contributed by atoms with Crippen molar-refractivity contribution >= 4 is 50.2 Å². The Morgan fingerprint density at radius 3 is 3.00 bits per heavy atom. The number of ether oxygens (including phenoxy) is 1. The van der Waals surface area contributed by atoms with E-state index in [0.29, 0.717) is 17.3 Å². The fraction of sp³-hybridized carbons (Fsp3) is 0.222. The van der Waals surface area contributed by atoms with Crippen LogP contribution in [-0.4, -0.2) is 28.6 Å². The van der Waals surface area contributed by atoms with E-state index in [2.05, 4.69) is 31.2 Å². The van der Waals surface area contributed by atoms with Gasteiger partial charge in [0, 0.05) is 16.6 Å². The summed E-state index contributed by atoms with van der Waals surface area (Å²) in [5, 5.41) is 3.34. The molecule has 0 radical (unpaired) electrons. The molecule has 3 aromatic rings. The first-order chi connectivity index (χ1) is 12.1. The number of aromatic nitrogens is 2. The number of rotatable bonds is 3. The highest BCUT2D eigenvalue weighted by atomic mass is 79.9. The van der Waals surface area contributed by atoms with Gasteiger partial charge in [-0.25, -0.2) is 4.98 Å². The summed E-state index contributed by atoms with van der Waals surface area (Å²) >= 11 is 9.70. The van der Waals surface area contributed by atoms with Crippen molar-refractivity contribution < 1.29 is 9.53 Å². The molecule has 1 amide bonds. The number of hydrogen-bond donors (Lipinski definition) is 2. The molecule has 0 aliphatic carbocycles. The number of carbonyl (C=O) groups is 1. The number of nitrogens with one attached hydrogen (secondary N) is 2. The third-order valence-electron chi connectivity index (χ3n) is 4.16. The van der Waals surface area contributed by atoms with Gasteiger partial charge >= 0.3 is 0 Å². The molecule has 0 bridgehead atoms. The number of nitrogens with zero attached hydrogens (tertiary/aromatic N) is 1. The normalized spacial score (nSPS) is 17.1. The lowest BCUT2D eigenvalue weighted by molar-refractivity contribution is -0.124. The van der Waals surface area contributed by atoms with Gasteiger partial charge in [0.15, 0.2) is 0 Å². The summed E-state index contributed by atoms with van der Waals surface area (Å²) in [6, 6.07) is 11.3. The van der Waals surface area contributed by atoms with Gasteiger partial charge in [0.05, 0.1) is 21.7 Å². The highest BCUT2D eigenvalue weighted by Crippen LogP contribution is 2.30. The number of aromatic amines is 1. The third-order valence-corrected chi connectivity index (χ3v) is 4.99. The van der Waals surface area contributed by atoms with Crippen LogP contribution in [0.1, 0.15) is 12.8 Å². The Hall–Kier alpha value is -1.89. The fourth-order valence-electron chi connectivity index (χ4n) is 2.88. The van der Waals surface area contributed by atoms with Crippen molar-refractivity contribution in [1.29, 1.82) is 0 Å². The molecule has 128 valence electrons. The Morgan fingerprint density at radius 2 is 2.20 bits per heavy atom. The van der Waals surface area contributed by atoms with Crippen LogP contribution in [0.15, 0.2) is 40.9 Å². The minimum absolute atomic E-state index is 0.162. The van der Waals surface area contributed by atoms with Gasteiger partial charge < -0.3 is 15.0 Å². The molecule has 7 heteroatoms. The number of benzene rings is 2. The van der Waals surface area contributed by atoms with Crippen molar-refractivity contribution in [2.45, 2.75) is 18.9 Å². The first kappa shape index (κ1) is 16.6. The van der Waals surface area contributed by atoms with E-state index in [9.17, 15) is 4.79 Å². The average Bonchev–Trinajstić information content (AvgIpc) is 3.25. The predicted molar refractivity (Wildman–Crippen MR) is 102 cm³/mol. The number of carbonyl (C=O) groups excluding carboxylic acids is 1. The van der Waals surface area contributed by atoms with Crippen LogP contribution >= 0.6 is 27.5 Å². The van der Waals surface area contributed by atoms with Crippen LogP contribution in [0.4, 0.5) is 5.69 Å². The van der Waals surface area contributed by atoms with Gasteiger partial charge in [-0.2, -0.15) is 0 Å². The average molecular weight is 421 g/mol. The lowest BCUT2D eigenvalue weighted by Gasteiger charge is -2.12. The molecule has 1 saturated heterocycles. The van der Waals surface area contributed by atoms with E-state index in [-0.39, 0.29) is 5.91 Å². The second-order valence-corrected chi connectivity index (χ2v) is 7.26. The Labute approximate surface area is 157 Å². The summed E-state index contributed by atoms with van der Waals surface area (Å²) in [7, 11) is 0. The van der Waals surface area contributed by atoms with E-state index in [0.717, 1.165) is 39.7 Å². The lowest BCUT2D eigenvalue weighted by Crippen LogP contribution is -2.26. The standard InChI is InChI=1S/C18H15BrClN3O2/c19-11-4-6-13-15(9-11)22-17(21-13)10-3-5-12(20)14(8-10)23-18(24)16-2-1-7-25-16/h3-6,8-9,16H,1-2,7H2,(H,21,22)(H,23,24). The van der Waals surface area contributed by atoms with Gasteiger partial charge in [0.25, 0.3) is 5.91 Å². The van der Waals surface area contributed by atoms with E-state index in [1.165, 1.54) is 0 Å². The topological polar surface area (TPSA) is 67.0 Å². The van der Waals surface area contributed by atoms with Crippen molar-refractivity contribution in [1.82, 2.24) is 9.97 Å². The third kappa shape index (κ3) is 3.42. The number of H-pyrrole nitrogens is 1. The van der Waals surface area contributed by atoms with Crippen molar-refractivity contribution in [2.24, 2.45) is 0 Å². The number of halogens is 2. The molecule has 2 heterocycles. The molecule has 1 aliphatic heterocycles. The quantitative estimate of drug-likeness (QED) is 0.642. The van der Waals surface area contributed by atoms with Crippen LogP contribution < -0.4 is 5.32 Å². The molecule has 1 unspecified atom stereocenters. The predicted octanol–water partition coefficient (Wildman–Crippen LogP) is 4.76. The summed E-state index contributed by atoms with van der Waals surface area (Å²) in [5.74, 6) is 0.558. The van der Waals surface area contributed by atoms with Gasteiger partial charge in [0.1, 0.15) is 11.9 Å². The number of anilines is 1. The summed E-state index contributed by atoms with van der Waals surface area (Å²) < 4.78 is 6.40.